The van der Waals surface area contributed by atoms with Crippen molar-refractivity contribution in [1.29, 1.82) is 0 Å². The average Bonchev–Trinajstić information content (AvgIpc) is 2.46. The molecule has 0 spiro atoms. The van der Waals surface area contributed by atoms with Gasteiger partial charge >= 0.3 is 0 Å². The van der Waals surface area contributed by atoms with E-state index in [1.165, 1.54) is 11.3 Å². The molecule has 0 aliphatic rings. The molecule has 0 aliphatic heterocycles. The summed E-state index contributed by atoms with van der Waals surface area (Å²) in [6, 6.07) is 8.40. The molecular formula is C15H28N2O. The number of rotatable bonds is 6. The number of hydrogen-bond acceptors (Lipinski definition) is 3. The summed E-state index contributed by atoms with van der Waals surface area (Å²) in [6.07, 6.45) is 0.245. The lowest BCUT2D eigenvalue weighted by Gasteiger charge is -2.26. The quantitative estimate of drug-likeness (QED) is 0.845. The van der Waals surface area contributed by atoms with E-state index in [0.29, 0.717) is 6.54 Å². The number of hydrogen-bond donors (Lipinski definition) is 1. The van der Waals surface area contributed by atoms with Gasteiger partial charge in [0.15, 0.2) is 0 Å². The fourth-order valence-electron chi connectivity index (χ4n) is 1.64. The Bertz CT molecular complexity index is 298. The van der Waals surface area contributed by atoms with Crippen LogP contribution in [0.5, 0.6) is 0 Å². The highest BCUT2D eigenvalue weighted by Crippen LogP contribution is 2.15. The van der Waals surface area contributed by atoms with Crippen molar-refractivity contribution in [3.63, 3.8) is 0 Å². The van der Waals surface area contributed by atoms with Crippen molar-refractivity contribution >= 4 is 5.69 Å². The molecule has 2 N–H and O–H groups in total. The summed E-state index contributed by atoms with van der Waals surface area (Å²) < 4.78 is 5.29. The lowest BCUT2D eigenvalue weighted by Crippen LogP contribution is -2.31. The Morgan fingerprint density at radius 3 is 2.17 bits per heavy atom. The zero-order valence-electron chi connectivity index (χ0n) is 12.4. The first kappa shape index (κ1) is 16.9. The minimum atomic E-state index is 0.245. The van der Waals surface area contributed by atoms with Gasteiger partial charge in [-0.15, -0.1) is 0 Å². The first-order valence-electron chi connectivity index (χ1n) is 6.78. The molecular weight excluding hydrogens is 224 g/mol. The molecule has 0 saturated carbocycles. The van der Waals surface area contributed by atoms with Crippen LogP contribution in [0.3, 0.4) is 0 Å². The van der Waals surface area contributed by atoms with Crippen LogP contribution < -0.4 is 10.6 Å². The summed E-state index contributed by atoms with van der Waals surface area (Å²) >= 11 is 0. The molecule has 1 atom stereocenters. The minimum Gasteiger partial charge on any atom is -0.380 e. The third-order valence-corrected chi connectivity index (χ3v) is 2.80. The van der Waals surface area contributed by atoms with Crippen LogP contribution in [0.4, 0.5) is 5.69 Å². The molecule has 0 heterocycles. The fraction of sp³-hybridized carbons (Fsp3) is 0.600. The van der Waals surface area contributed by atoms with Crippen molar-refractivity contribution in [2.24, 2.45) is 5.73 Å². The number of anilines is 1. The number of methoxy groups -OCH3 is 1. The summed E-state index contributed by atoms with van der Waals surface area (Å²) in [5.74, 6) is 0. The predicted molar refractivity (Wildman–Crippen MR) is 80.0 cm³/mol. The van der Waals surface area contributed by atoms with Gasteiger partial charge in [0.25, 0.3) is 0 Å². The molecule has 0 saturated heterocycles. The van der Waals surface area contributed by atoms with Crippen LogP contribution in [0.25, 0.3) is 0 Å². The fourth-order valence-corrected chi connectivity index (χ4v) is 1.64. The van der Waals surface area contributed by atoms with Gasteiger partial charge in [-0.2, -0.15) is 0 Å². The van der Waals surface area contributed by atoms with Crippen molar-refractivity contribution in [3.05, 3.63) is 29.8 Å². The Labute approximate surface area is 112 Å². The summed E-state index contributed by atoms with van der Waals surface area (Å²) in [5.41, 5.74) is 7.97. The van der Waals surface area contributed by atoms with Crippen molar-refractivity contribution < 1.29 is 4.74 Å². The van der Waals surface area contributed by atoms with Crippen LogP contribution in [0.1, 0.15) is 33.3 Å². The Hall–Kier alpha value is -1.06. The summed E-state index contributed by atoms with van der Waals surface area (Å²) in [4.78, 5) is 2.30. The van der Waals surface area contributed by atoms with Gasteiger partial charge in [-0.1, -0.05) is 26.0 Å². The van der Waals surface area contributed by atoms with Gasteiger partial charge in [-0.25, -0.2) is 0 Å². The van der Waals surface area contributed by atoms with Gasteiger partial charge in [0.1, 0.15) is 0 Å². The van der Waals surface area contributed by atoms with E-state index in [2.05, 4.69) is 43.0 Å². The van der Waals surface area contributed by atoms with Gasteiger partial charge in [-0.05, 0) is 31.5 Å². The van der Waals surface area contributed by atoms with Gasteiger partial charge in [0, 0.05) is 32.4 Å². The summed E-state index contributed by atoms with van der Waals surface area (Å²) in [6.45, 7) is 10.7. The molecule has 3 heteroatoms. The topological polar surface area (TPSA) is 38.5 Å². The van der Waals surface area contributed by atoms with Gasteiger partial charge in [0.05, 0.1) is 6.10 Å². The van der Waals surface area contributed by atoms with Crippen molar-refractivity contribution in [2.45, 2.75) is 40.3 Å². The van der Waals surface area contributed by atoms with E-state index < -0.39 is 0 Å². The molecule has 0 amide bonds. The van der Waals surface area contributed by atoms with Crippen LogP contribution in [0.15, 0.2) is 24.3 Å². The maximum Gasteiger partial charge on any atom is 0.0718 e. The molecule has 0 bridgehead atoms. The first-order valence-corrected chi connectivity index (χ1v) is 6.78. The molecule has 1 rings (SSSR count). The second-order valence-corrected chi connectivity index (χ2v) is 3.96. The van der Waals surface area contributed by atoms with E-state index in [1.54, 1.807) is 7.11 Å². The SMILES string of the molecule is CC.CCN(CC(C)OC)c1ccc(CN)cc1. The molecule has 0 aliphatic carbocycles. The highest BCUT2D eigenvalue weighted by Gasteiger charge is 2.08. The van der Waals surface area contributed by atoms with Gasteiger partial charge in [-0.3, -0.25) is 0 Å². The highest BCUT2D eigenvalue weighted by molar-refractivity contribution is 5.47. The highest BCUT2D eigenvalue weighted by atomic mass is 16.5. The van der Waals surface area contributed by atoms with E-state index in [9.17, 15) is 0 Å². The normalized spacial score (nSPS) is 11.4. The Morgan fingerprint density at radius 1 is 1.22 bits per heavy atom. The second kappa shape index (κ2) is 9.92. The molecule has 1 aromatic carbocycles. The number of nitrogens with zero attached hydrogens (tertiary/aromatic N) is 1. The third-order valence-electron chi connectivity index (χ3n) is 2.80. The molecule has 18 heavy (non-hydrogen) atoms. The molecule has 0 radical (unpaired) electrons. The molecule has 104 valence electrons. The Balaban J connectivity index is 0.00000137. The molecule has 0 aromatic heterocycles. The van der Waals surface area contributed by atoms with Crippen molar-refractivity contribution in [3.8, 4) is 0 Å². The third kappa shape index (κ3) is 5.52. The van der Waals surface area contributed by atoms with Crippen LogP contribution in [0, 0.1) is 0 Å². The zero-order chi connectivity index (χ0) is 14.0. The van der Waals surface area contributed by atoms with Crippen molar-refractivity contribution in [2.75, 3.05) is 25.1 Å². The van der Waals surface area contributed by atoms with Crippen LogP contribution in [-0.2, 0) is 11.3 Å². The molecule has 1 unspecified atom stereocenters. The van der Waals surface area contributed by atoms with E-state index in [4.69, 9.17) is 10.5 Å². The van der Waals surface area contributed by atoms with E-state index in [0.717, 1.165) is 13.1 Å². The number of likely N-dealkylation sites (N-methyl/N-ethyl adjacent to an activating group) is 1. The Kier molecular flexibility index (Phi) is 9.33. The monoisotopic (exact) mass is 252 g/mol. The van der Waals surface area contributed by atoms with Gasteiger partial charge in [0.2, 0.25) is 0 Å². The largest absolute Gasteiger partial charge is 0.380 e. The molecule has 0 fully saturated rings. The number of benzene rings is 1. The van der Waals surface area contributed by atoms with Crippen molar-refractivity contribution in [1.82, 2.24) is 0 Å². The lowest BCUT2D eigenvalue weighted by atomic mass is 10.2. The zero-order valence-corrected chi connectivity index (χ0v) is 12.4. The first-order chi connectivity index (χ1) is 8.71. The smallest absolute Gasteiger partial charge is 0.0718 e. The number of nitrogens with two attached hydrogens (primary N) is 1. The van der Waals surface area contributed by atoms with Crippen LogP contribution in [0.2, 0.25) is 0 Å². The second-order valence-electron chi connectivity index (χ2n) is 3.96. The Morgan fingerprint density at radius 2 is 1.78 bits per heavy atom. The molecule has 3 nitrogen and oxygen atoms in total. The maximum atomic E-state index is 5.58. The van der Waals surface area contributed by atoms with E-state index >= 15 is 0 Å². The maximum absolute atomic E-state index is 5.58. The number of ether oxygens (including phenoxy) is 1. The minimum absolute atomic E-state index is 0.245. The standard InChI is InChI=1S/C13H22N2O.C2H6/c1-4-15(10-11(2)16-3)13-7-5-12(9-14)6-8-13;1-2/h5-8,11H,4,9-10,14H2,1-3H3;1-2H3. The predicted octanol–water partition coefficient (Wildman–Crippen LogP) is 3.03. The summed E-state index contributed by atoms with van der Waals surface area (Å²) in [7, 11) is 1.75. The van der Waals surface area contributed by atoms with Crippen LogP contribution >= 0.6 is 0 Å². The summed E-state index contributed by atoms with van der Waals surface area (Å²) in [5, 5.41) is 0. The van der Waals surface area contributed by atoms with E-state index in [1.807, 2.05) is 13.8 Å². The van der Waals surface area contributed by atoms with Crippen LogP contribution in [-0.4, -0.2) is 26.3 Å². The molecule has 1 aromatic rings. The lowest BCUT2D eigenvalue weighted by molar-refractivity contribution is 0.123. The van der Waals surface area contributed by atoms with Gasteiger partial charge < -0.3 is 15.4 Å². The van der Waals surface area contributed by atoms with E-state index in [-0.39, 0.29) is 6.10 Å². The average molecular weight is 252 g/mol.